The summed E-state index contributed by atoms with van der Waals surface area (Å²) in [5.74, 6) is -0.349. The summed E-state index contributed by atoms with van der Waals surface area (Å²) in [6, 6.07) is 20.0. The Balaban J connectivity index is 2.19. The molecule has 0 aromatic heterocycles. The first kappa shape index (κ1) is 19.9. The molecule has 0 N–H and O–H groups in total. The van der Waals surface area contributed by atoms with E-state index in [9.17, 15) is 4.79 Å². The maximum atomic E-state index is 11.9. The minimum Gasteiger partial charge on any atom is -0.466 e. The van der Waals surface area contributed by atoms with Crippen LogP contribution >= 0.6 is 0 Å². The summed E-state index contributed by atoms with van der Waals surface area (Å²) >= 11 is 0. The van der Waals surface area contributed by atoms with Gasteiger partial charge in [0, 0.05) is 5.57 Å². The molecule has 0 saturated heterocycles. The smallest absolute Gasteiger partial charge is 0.334 e. The number of hydrogen-bond donors (Lipinski definition) is 0. The van der Waals surface area contributed by atoms with Gasteiger partial charge in [0.2, 0.25) is 0 Å². The summed E-state index contributed by atoms with van der Waals surface area (Å²) in [5.41, 5.74) is 4.32. The normalized spacial score (nSPS) is 12.5. The van der Waals surface area contributed by atoms with E-state index in [1.807, 2.05) is 97.1 Å². The molecule has 0 bridgehead atoms. The summed E-state index contributed by atoms with van der Waals surface area (Å²) in [6.45, 7) is 5.80. The van der Waals surface area contributed by atoms with Crippen molar-refractivity contribution >= 4 is 18.1 Å². The maximum Gasteiger partial charge on any atom is 0.334 e. The van der Waals surface area contributed by atoms with Crippen LogP contribution in [-0.4, -0.2) is 13.1 Å². The van der Waals surface area contributed by atoms with Gasteiger partial charge in [-0.15, -0.1) is 0 Å². The molecule has 0 spiro atoms. The van der Waals surface area contributed by atoms with E-state index in [-0.39, 0.29) is 5.97 Å². The zero-order valence-electron chi connectivity index (χ0n) is 15.8. The van der Waals surface area contributed by atoms with E-state index in [4.69, 9.17) is 4.74 Å². The van der Waals surface area contributed by atoms with Gasteiger partial charge >= 0.3 is 5.97 Å². The molecular weight excluding hydrogens is 332 g/mol. The highest BCUT2D eigenvalue weighted by Gasteiger charge is 2.07. The number of rotatable bonds is 7. The third kappa shape index (κ3) is 6.79. The molecule has 0 aliphatic rings. The molecule has 2 aromatic rings. The van der Waals surface area contributed by atoms with Gasteiger partial charge in [0.15, 0.2) is 0 Å². The number of methoxy groups -OCH3 is 1. The van der Waals surface area contributed by atoms with E-state index >= 15 is 0 Å². The molecule has 0 atom stereocenters. The quantitative estimate of drug-likeness (QED) is 0.345. The SMILES string of the molecule is C=C(C=CC(C=Cc1ccccc1)=C(C)C(=O)OC)C=Cc1ccccc1. The fourth-order valence-corrected chi connectivity index (χ4v) is 2.35. The van der Waals surface area contributed by atoms with Crippen molar-refractivity contribution in [3.05, 3.63) is 119 Å². The highest BCUT2D eigenvalue weighted by molar-refractivity contribution is 5.90. The second-order valence-corrected chi connectivity index (χ2v) is 5.97. The van der Waals surface area contributed by atoms with Gasteiger partial charge in [-0.1, -0.05) is 104 Å². The molecule has 2 heteroatoms. The van der Waals surface area contributed by atoms with E-state index in [1.54, 1.807) is 6.92 Å². The van der Waals surface area contributed by atoms with Gasteiger partial charge in [0.25, 0.3) is 0 Å². The molecule has 0 radical (unpaired) electrons. The zero-order chi connectivity index (χ0) is 19.5. The van der Waals surface area contributed by atoms with E-state index < -0.39 is 0 Å². The molecule has 0 unspecified atom stereocenters. The van der Waals surface area contributed by atoms with Crippen LogP contribution in [0.5, 0.6) is 0 Å². The summed E-state index contributed by atoms with van der Waals surface area (Å²) in [4.78, 5) is 11.9. The van der Waals surface area contributed by atoms with Gasteiger partial charge in [0.1, 0.15) is 0 Å². The first-order chi connectivity index (χ1) is 13.1. The molecule has 0 fully saturated rings. The van der Waals surface area contributed by atoms with Crippen LogP contribution in [-0.2, 0) is 9.53 Å². The number of ether oxygens (including phenoxy) is 1. The fraction of sp³-hybridized carbons (Fsp3) is 0.0800. The largest absolute Gasteiger partial charge is 0.466 e. The minimum absolute atomic E-state index is 0.349. The van der Waals surface area contributed by atoms with Crippen LogP contribution in [0.2, 0.25) is 0 Å². The maximum absolute atomic E-state index is 11.9. The third-order valence-electron chi connectivity index (χ3n) is 3.95. The average molecular weight is 356 g/mol. The molecule has 2 nitrogen and oxygen atoms in total. The number of esters is 1. The number of carbonyl (C=O) groups excluding carboxylic acids is 1. The Morgan fingerprint density at radius 1 is 0.815 bits per heavy atom. The number of hydrogen-bond acceptors (Lipinski definition) is 2. The van der Waals surface area contributed by atoms with Crippen molar-refractivity contribution in [2.45, 2.75) is 6.92 Å². The lowest BCUT2D eigenvalue weighted by atomic mass is 10.1. The van der Waals surface area contributed by atoms with Crippen LogP contribution < -0.4 is 0 Å². The van der Waals surface area contributed by atoms with Gasteiger partial charge in [-0.25, -0.2) is 4.79 Å². The molecule has 136 valence electrons. The van der Waals surface area contributed by atoms with Gasteiger partial charge < -0.3 is 4.74 Å². The highest BCUT2D eigenvalue weighted by Crippen LogP contribution is 2.14. The average Bonchev–Trinajstić information content (AvgIpc) is 2.72. The van der Waals surface area contributed by atoms with E-state index in [0.717, 1.165) is 22.3 Å². The zero-order valence-corrected chi connectivity index (χ0v) is 15.8. The Hall–Kier alpha value is -3.39. The van der Waals surface area contributed by atoms with Crippen LogP contribution in [0, 0.1) is 0 Å². The standard InChI is InChI=1S/C25H24O2/c1-20(14-16-22-10-6-4-7-11-22)15-18-24(21(2)25(26)27-3)19-17-23-12-8-5-9-13-23/h4-19H,1H2,2-3H3. The van der Waals surface area contributed by atoms with Crippen molar-refractivity contribution in [3.8, 4) is 0 Å². The Kier molecular flexibility index (Phi) is 7.80. The predicted octanol–water partition coefficient (Wildman–Crippen LogP) is 6.02. The van der Waals surface area contributed by atoms with E-state index in [2.05, 4.69) is 6.58 Å². The van der Waals surface area contributed by atoms with E-state index in [0.29, 0.717) is 5.57 Å². The molecule has 27 heavy (non-hydrogen) atoms. The van der Waals surface area contributed by atoms with Gasteiger partial charge in [0.05, 0.1) is 7.11 Å². The molecule has 0 saturated carbocycles. The van der Waals surface area contributed by atoms with Crippen molar-refractivity contribution in [1.82, 2.24) is 0 Å². The van der Waals surface area contributed by atoms with Crippen molar-refractivity contribution in [2.24, 2.45) is 0 Å². The second kappa shape index (κ2) is 10.6. The van der Waals surface area contributed by atoms with Crippen molar-refractivity contribution in [2.75, 3.05) is 7.11 Å². The number of benzene rings is 2. The summed E-state index contributed by atoms with van der Waals surface area (Å²) in [7, 11) is 1.38. The molecular formula is C25H24O2. The second-order valence-electron chi connectivity index (χ2n) is 5.97. The van der Waals surface area contributed by atoms with Gasteiger partial charge in [-0.3, -0.25) is 0 Å². The van der Waals surface area contributed by atoms with Crippen molar-refractivity contribution < 1.29 is 9.53 Å². The summed E-state index contributed by atoms with van der Waals surface area (Å²) in [5, 5.41) is 0. The molecule has 2 aromatic carbocycles. The third-order valence-corrected chi connectivity index (χ3v) is 3.95. The van der Waals surface area contributed by atoms with Crippen molar-refractivity contribution in [3.63, 3.8) is 0 Å². The van der Waals surface area contributed by atoms with Crippen LogP contribution in [0.3, 0.4) is 0 Å². The first-order valence-electron chi connectivity index (χ1n) is 8.72. The Labute approximate surface area is 161 Å². The van der Waals surface area contributed by atoms with Crippen molar-refractivity contribution in [1.29, 1.82) is 0 Å². The van der Waals surface area contributed by atoms with Crippen LogP contribution in [0.25, 0.3) is 12.2 Å². The lowest BCUT2D eigenvalue weighted by molar-refractivity contribution is -0.136. The molecule has 0 amide bonds. The molecule has 2 rings (SSSR count). The monoisotopic (exact) mass is 356 g/mol. The number of allylic oxidation sites excluding steroid dienone is 6. The van der Waals surface area contributed by atoms with Crippen LogP contribution in [0.1, 0.15) is 18.1 Å². The van der Waals surface area contributed by atoms with Gasteiger partial charge in [-0.05, 0) is 29.2 Å². The lowest BCUT2D eigenvalue weighted by Gasteiger charge is -2.03. The fourth-order valence-electron chi connectivity index (χ4n) is 2.35. The Morgan fingerprint density at radius 2 is 1.33 bits per heavy atom. The number of carbonyl (C=O) groups is 1. The Bertz CT molecular complexity index is 882. The first-order valence-corrected chi connectivity index (χ1v) is 8.72. The highest BCUT2D eigenvalue weighted by atomic mass is 16.5. The van der Waals surface area contributed by atoms with E-state index in [1.165, 1.54) is 7.11 Å². The minimum atomic E-state index is -0.349. The van der Waals surface area contributed by atoms with Gasteiger partial charge in [-0.2, -0.15) is 0 Å². The van der Waals surface area contributed by atoms with Crippen LogP contribution in [0.4, 0.5) is 0 Å². The topological polar surface area (TPSA) is 26.3 Å². The lowest BCUT2D eigenvalue weighted by Crippen LogP contribution is -2.03. The summed E-state index contributed by atoms with van der Waals surface area (Å²) < 4.78 is 4.86. The molecule has 0 heterocycles. The summed E-state index contributed by atoms with van der Waals surface area (Å²) in [6.07, 6.45) is 11.6. The molecule has 0 aliphatic heterocycles. The Morgan fingerprint density at radius 3 is 1.85 bits per heavy atom. The predicted molar refractivity (Wildman–Crippen MR) is 114 cm³/mol. The molecule has 0 aliphatic carbocycles. The van der Waals surface area contributed by atoms with Crippen LogP contribution in [0.15, 0.2) is 108 Å².